The number of aliphatic carboxylic acids is 1. The third-order valence-corrected chi connectivity index (χ3v) is 6.40. The van der Waals surface area contributed by atoms with Crippen LogP contribution in [0.25, 0.3) is 16.5 Å². The van der Waals surface area contributed by atoms with Gasteiger partial charge in [0.2, 0.25) is 0 Å². The lowest BCUT2D eigenvalue weighted by Crippen LogP contribution is -2.33. The number of phenolic OH excluding ortho intramolecular Hbond substituents is 1. The fourth-order valence-corrected chi connectivity index (χ4v) is 4.92. The Bertz CT molecular complexity index is 995. The van der Waals surface area contributed by atoms with Crippen molar-refractivity contribution in [2.75, 3.05) is 13.2 Å². The number of phenols is 1. The number of hydrogen-bond acceptors (Lipinski definition) is 7. The minimum atomic E-state index is -1.13. The van der Waals surface area contributed by atoms with Gasteiger partial charge in [-0.1, -0.05) is 24.0 Å². The standard InChI is InChI=1S/C19H17NO5S3/c1-3-25-13-7-11(6-12(16(13)23)17-10(2)4-5-27-17)8-14-18(24)20(9-15(21)22)19(26)28-14/h4-8,23H,3,9H2,1-2H3,(H,21,22). The maximum atomic E-state index is 12.5. The van der Waals surface area contributed by atoms with E-state index in [2.05, 4.69) is 0 Å². The van der Waals surface area contributed by atoms with Gasteiger partial charge in [0.15, 0.2) is 11.5 Å². The molecule has 28 heavy (non-hydrogen) atoms. The van der Waals surface area contributed by atoms with Gasteiger partial charge in [-0.15, -0.1) is 11.3 Å². The van der Waals surface area contributed by atoms with Gasteiger partial charge in [0.1, 0.15) is 10.9 Å². The average Bonchev–Trinajstić information content (AvgIpc) is 3.16. The average molecular weight is 436 g/mol. The van der Waals surface area contributed by atoms with E-state index in [9.17, 15) is 14.7 Å². The van der Waals surface area contributed by atoms with Crippen molar-refractivity contribution in [2.24, 2.45) is 0 Å². The van der Waals surface area contributed by atoms with Crippen molar-refractivity contribution in [3.63, 3.8) is 0 Å². The predicted octanol–water partition coefficient (Wildman–Crippen LogP) is 4.11. The van der Waals surface area contributed by atoms with Crippen LogP contribution in [0.15, 0.2) is 28.5 Å². The van der Waals surface area contributed by atoms with Gasteiger partial charge in [-0.2, -0.15) is 0 Å². The molecule has 0 bridgehead atoms. The molecular weight excluding hydrogens is 418 g/mol. The second-order valence-corrected chi connectivity index (χ2v) is 8.53. The molecule has 1 aromatic heterocycles. The molecule has 2 aromatic rings. The van der Waals surface area contributed by atoms with Crippen LogP contribution in [0, 0.1) is 6.92 Å². The highest BCUT2D eigenvalue weighted by Crippen LogP contribution is 2.43. The van der Waals surface area contributed by atoms with Crippen LogP contribution >= 0.6 is 35.3 Å². The van der Waals surface area contributed by atoms with Crippen LogP contribution in [0.5, 0.6) is 11.5 Å². The number of hydrogen-bond donors (Lipinski definition) is 2. The van der Waals surface area contributed by atoms with E-state index in [4.69, 9.17) is 22.1 Å². The highest BCUT2D eigenvalue weighted by atomic mass is 32.2. The van der Waals surface area contributed by atoms with Crippen LogP contribution in [0.3, 0.4) is 0 Å². The van der Waals surface area contributed by atoms with Crippen LogP contribution in [-0.4, -0.2) is 44.5 Å². The summed E-state index contributed by atoms with van der Waals surface area (Å²) >= 11 is 7.68. The molecule has 1 saturated heterocycles. The van der Waals surface area contributed by atoms with E-state index >= 15 is 0 Å². The van der Waals surface area contributed by atoms with Crippen molar-refractivity contribution in [3.8, 4) is 21.9 Å². The Kier molecular flexibility index (Phi) is 6.07. The Morgan fingerprint density at radius 3 is 2.75 bits per heavy atom. The van der Waals surface area contributed by atoms with Crippen molar-refractivity contribution in [1.29, 1.82) is 0 Å². The zero-order chi connectivity index (χ0) is 20.4. The Balaban J connectivity index is 2.05. The molecule has 9 heteroatoms. The molecule has 0 spiro atoms. The van der Waals surface area contributed by atoms with Crippen molar-refractivity contribution >= 4 is 57.6 Å². The van der Waals surface area contributed by atoms with E-state index in [0.717, 1.165) is 27.1 Å². The van der Waals surface area contributed by atoms with E-state index in [0.29, 0.717) is 28.4 Å². The molecule has 1 amide bonds. The lowest BCUT2D eigenvalue weighted by atomic mass is 10.0. The summed E-state index contributed by atoms with van der Waals surface area (Å²) in [6.07, 6.45) is 1.63. The fourth-order valence-electron chi connectivity index (χ4n) is 2.72. The predicted molar refractivity (Wildman–Crippen MR) is 115 cm³/mol. The number of carbonyl (C=O) groups is 2. The number of thioether (sulfide) groups is 1. The molecule has 0 unspecified atom stereocenters. The summed E-state index contributed by atoms with van der Waals surface area (Å²) < 4.78 is 5.77. The second-order valence-electron chi connectivity index (χ2n) is 5.94. The van der Waals surface area contributed by atoms with E-state index < -0.39 is 18.4 Å². The molecule has 2 heterocycles. The quantitative estimate of drug-likeness (QED) is 0.521. The first-order valence-corrected chi connectivity index (χ1v) is 10.4. The molecule has 0 saturated carbocycles. The van der Waals surface area contributed by atoms with Crippen molar-refractivity contribution in [2.45, 2.75) is 13.8 Å². The molecule has 1 aliphatic heterocycles. The third kappa shape index (κ3) is 4.06. The summed E-state index contributed by atoms with van der Waals surface area (Å²) in [6, 6.07) is 5.39. The Morgan fingerprint density at radius 1 is 1.39 bits per heavy atom. The SMILES string of the molecule is CCOc1cc(C=C2SC(=S)N(CC(=O)O)C2=O)cc(-c2sccc2C)c1O. The minimum absolute atomic E-state index is 0.0444. The lowest BCUT2D eigenvalue weighted by Gasteiger charge is -2.12. The Hall–Kier alpha value is -2.36. The topological polar surface area (TPSA) is 87.1 Å². The molecule has 3 rings (SSSR count). The Morgan fingerprint density at radius 2 is 2.14 bits per heavy atom. The number of carboxylic acid groups (broad SMARTS) is 1. The van der Waals surface area contributed by atoms with Gasteiger partial charge in [-0.25, -0.2) is 0 Å². The minimum Gasteiger partial charge on any atom is -0.504 e. The highest BCUT2D eigenvalue weighted by Gasteiger charge is 2.33. The van der Waals surface area contributed by atoms with E-state index in [1.165, 1.54) is 11.3 Å². The van der Waals surface area contributed by atoms with Crippen LogP contribution < -0.4 is 4.74 Å². The molecule has 6 nitrogen and oxygen atoms in total. The normalized spacial score (nSPS) is 15.5. The largest absolute Gasteiger partial charge is 0.504 e. The smallest absolute Gasteiger partial charge is 0.323 e. The number of benzene rings is 1. The number of thiophene rings is 1. The molecule has 1 aromatic carbocycles. The molecule has 1 fully saturated rings. The number of rotatable bonds is 6. The first-order chi connectivity index (χ1) is 13.3. The fraction of sp³-hybridized carbons (Fsp3) is 0.211. The van der Waals surface area contributed by atoms with Gasteiger partial charge in [0, 0.05) is 10.4 Å². The van der Waals surface area contributed by atoms with Gasteiger partial charge in [-0.3, -0.25) is 14.5 Å². The maximum Gasteiger partial charge on any atom is 0.323 e. The molecule has 2 N–H and O–H groups in total. The number of amides is 1. The molecule has 1 aliphatic rings. The molecule has 0 radical (unpaired) electrons. The molecule has 0 aliphatic carbocycles. The summed E-state index contributed by atoms with van der Waals surface area (Å²) in [7, 11) is 0. The van der Waals surface area contributed by atoms with Gasteiger partial charge in [-0.05, 0) is 54.6 Å². The van der Waals surface area contributed by atoms with Gasteiger partial charge < -0.3 is 14.9 Å². The third-order valence-electron chi connectivity index (χ3n) is 3.97. The number of thiocarbonyl (C=S) groups is 1. The van der Waals surface area contributed by atoms with Gasteiger partial charge >= 0.3 is 5.97 Å². The van der Waals surface area contributed by atoms with E-state index in [-0.39, 0.29) is 10.1 Å². The molecule has 0 atom stereocenters. The zero-order valence-electron chi connectivity index (χ0n) is 15.1. The van der Waals surface area contributed by atoms with Crippen LogP contribution in [0.1, 0.15) is 18.1 Å². The summed E-state index contributed by atoms with van der Waals surface area (Å²) in [6.45, 7) is 3.68. The summed E-state index contributed by atoms with van der Waals surface area (Å²) in [5.41, 5.74) is 2.29. The van der Waals surface area contributed by atoms with Gasteiger partial charge in [0.05, 0.1) is 11.5 Å². The number of aryl methyl sites for hydroxylation is 1. The summed E-state index contributed by atoms with van der Waals surface area (Å²) in [4.78, 5) is 25.8. The lowest BCUT2D eigenvalue weighted by molar-refractivity contribution is -0.140. The molecule has 146 valence electrons. The number of ether oxygens (including phenoxy) is 1. The first-order valence-electron chi connectivity index (χ1n) is 8.33. The van der Waals surface area contributed by atoms with Crippen molar-refractivity contribution in [3.05, 3.63) is 39.6 Å². The monoisotopic (exact) mass is 435 g/mol. The first kappa shape index (κ1) is 20.4. The summed E-state index contributed by atoms with van der Waals surface area (Å²) in [5, 5.41) is 21.5. The number of nitrogens with zero attached hydrogens (tertiary/aromatic N) is 1. The van der Waals surface area contributed by atoms with Crippen LogP contribution in [-0.2, 0) is 9.59 Å². The van der Waals surface area contributed by atoms with E-state index in [1.54, 1.807) is 18.2 Å². The highest BCUT2D eigenvalue weighted by molar-refractivity contribution is 8.26. The van der Waals surface area contributed by atoms with Crippen molar-refractivity contribution < 1.29 is 24.5 Å². The number of carbonyl (C=O) groups excluding carboxylic acids is 1. The zero-order valence-corrected chi connectivity index (χ0v) is 17.5. The van der Waals surface area contributed by atoms with Crippen LogP contribution in [0.2, 0.25) is 0 Å². The van der Waals surface area contributed by atoms with E-state index in [1.807, 2.05) is 25.3 Å². The van der Waals surface area contributed by atoms with Crippen molar-refractivity contribution in [1.82, 2.24) is 4.90 Å². The Labute approximate surface area is 175 Å². The second kappa shape index (κ2) is 8.34. The van der Waals surface area contributed by atoms with Crippen LogP contribution in [0.4, 0.5) is 0 Å². The molecular formula is C19H17NO5S3. The number of aromatic hydroxyl groups is 1. The number of carboxylic acids is 1. The van der Waals surface area contributed by atoms with Gasteiger partial charge in [0.25, 0.3) is 5.91 Å². The summed E-state index contributed by atoms with van der Waals surface area (Å²) in [5.74, 6) is -1.21. The maximum absolute atomic E-state index is 12.5.